The van der Waals surface area contributed by atoms with E-state index in [0.29, 0.717) is 19.8 Å². The van der Waals surface area contributed by atoms with Gasteiger partial charge in [0, 0.05) is 6.42 Å². The zero-order valence-corrected chi connectivity index (χ0v) is 13.4. The second-order valence-electron chi connectivity index (χ2n) is 5.64. The molecule has 1 heterocycles. The normalized spacial score (nSPS) is 12.6. The molecule has 0 aliphatic rings. The first-order chi connectivity index (χ1) is 11.3. The van der Waals surface area contributed by atoms with Gasteiger partial charge in [-0.25, -0.2) is 4.98 Å². The van der Waals surface area contributed by atoms with E-state index in [-0.39, 0.29) is 0 Å². The summed E-state index contributed by atoms with van der Waals surface area (Å²) in [5, 5.41) is 10.3. The molecule has 0 fully saturated rings. The molecular formula is C19H22N2O2. The first-order valence-corrected chi connectivity index (χ1v) is 8.01. The summed E-state index contributed by atoms with van der Waals surface area (Å²) in [6.07, 6.45) is 0.285. The van der Waals surface area contributed by atoms with Crippen molar-refractivity contribution in [2.45, 2.75) is 32.6 Å². The van der Waals surface area contributed by atoms with Crippen LogP contribution >= 0.6 is 0 Å². The Morgan fingerprint density at radius 2 is 1.83 bits per heavy atom. The number of benzene rings is 2. The molecule has 0 saturated carbocycles. The number of ether oxygens (including phenoxy) is 1. The summed E-state index contributed by atoms with van der Waals surface area (Å²) in [4.78, 5) is 4.62. The van der Waals surface area contributed by atoms with Crippen molar-refractivity contribution in [3.05, 3.63) is 66.0 Å². The van der Waals surface area contributed by atoms with Crippen molar-refractivity contribution in [2.24, 2.45) is 0 Å². The fourth-order valence-corrected chi connectivity index (χ4v) is 2.75. The van der Waals surface area contributed by atoms with Crippen LogP contribution < -0.4 is 0 Å². The molecule has 1 atom stereocenters. The zero-order valence-electron chi connectivity index (χ0n) is 13.4. The van der Waals surface area contributed by atoms with E-state index in [2.05, 4.69) is 16.5 Å². The molecule has 0 unspecified atom stereocenters. The number of rotatable bonds is 7. The second-order valence-corrected chi connectivity index (χ2v) is 5.64. The number of aliphatic hydroxyl groups is 1. The van der Waals surface area contributed by atoms with Crippen molar-refractivity contribution < 1.29 is 9.84 Å². The number of hydrogen-bond acceptors (Lipinski definition) is 3. The van der Waals surface area contributed by atoms with Crippen LogP contribution in [0.5, 0.6) is 0 Å². The molecule has 3 rings (SSSR count). The summed E-state index contributed by atoms with van der Waals surface area (Å²) >= 11 is 0. The lowest BCUT2D eigenvalue weighted by Crippen LogP contribution is -2.23. The van der Waals surface area contributed by atoms with E-state index in [4.69, 9.17) is 4.74 Å². The highest BCUT2D eigenvalue weighted by molar-refractivity contribution is 5.75. The number of imidazole rings is 1. The lowest BCUT2D eigenvalue weighted by Gasteiger charge is -2.14. The topological polar surface area (TPSA) is 47.3 Å². The van der Waals surface area contributed by atoms with Crippen LogP contribution in [0.25, 0.3) is 11.0 Å². The molecule has 0 radical (unpaired) electrons. The maximum absolute atomic E-state index is 10.3. The molecule has 0 aliphatic carbocycles. The third-order valence-electron chi connectivity index (χ3n) is 3.86. The number of aliphatic hydroxyl groups excluding tert-OH is 1. The van der Waals surface area contributed by atoms with E-state index in [1.54, 1.807) is 0 Å². The van der Waals surface area contributed by atoms with Gasteiger partial charge in [0.15, 0.2) is 0 Å². The van der Waals surface area contributed by atoms with Gasteiger partial charge < -0.3 is 14.4 Å². The highest BCUT2D eigenvalue weighted by Crippen LogP contribution is 2.17. The molecule has 1 N–H and O–H groups in total. The molecule has 4 nitrogen and oxygen atoms in total. The van der Waals surface area contributed by atoms with Gasteiger partial charge in [-0.05, 0) is 17.7 Å². The summed E-state index contributed by atoms with van der Waals surface area (Å²) < 4.78 is 7.72. The Balaban J connectivity index is 1.62. The number of aryl methyl sites for hydroxylation is 1. The van der Waals surface area contributed by atoms with E-state index in [1.165, 1.54) is 0 Å². The lowest BCUT2D eigenvalue weighted by atomic mass is 10.2. The fourth-order valence-electron chi connectivity index (χ4n) is 2.75. The standard InChI is InChI=1S/C19H22N2O2/c1-2-19-20-17-10-6-7-11-18(17)21(19)12-16(22)14-23-13-15-8-4-3-5-9-15/h3-11,16,22H,2,12-14H2,1H3/t16-/m0/s1. The van der Waals surface area contributed by atoms with Crippen LogP contribution in [0.15, 0.2) is 54.6 Å². The Bertz CT molecular complexity index is 752. The molecule has 0 saturated heterocycles. The van der Waals surface area contributed by atoms with Crippen LogP contribution in [-0.2, 0) is 24.3 Å². The highest BCUT2D eigenvalue weighted by atomic mass is 16.5. The second kappa shape index (κ2) is 7.40. The lowest BCUT2D eigenvalue weighted by molar-refractivity contribution is 0.0205. The van der Waals surface area contributed by atoms with Crippen LogP contribution in [0.1, 0.15) is 18.3 Å². The minimum Gasteiger partial charge on any atom is -0.389 e. The minimum atomic E-state index is -0.554. The van der Waals surface area contributed by atoms with Gasteiger partial charge in [-0.1, -0.05) is 49.4 Å². The molecule has 4 heteroatoms. The van der Waals surface area contributed by atoms with E-state index in [9.17, 15) is 5.11 Å². The zero-order chi connectivity index (χ0) is 16.1. The molecule has 3 aromatic rings. The maximum atomic E-state index is 10.3. The largest absolute Gasteiger partial charge is 0.389 e. The Morgan fingerprint density at radius 3 is 2.61 bits per heavy atom. The first kappa shape index (κ1) is 15.7. The summed E-state index contributed by atoms with van der Waals surface area (Å²) in [7, 11) is 0. The molecular weight excluding hydrogens is 288 g/mol. The van der Waals surface area contributed by atoms with Gasteiger partial charge in [-0.2, -0.15) is 0 Å². The highest BCUT2D eigenvalue weighted by Gasteiger charge is 2.13. The monoisotopic (exact) mass is 310 g/mol. The van der Waals surface area contributed by atoms with Gasteiger partial charge in [0.05, 0.1) is 36.9 Å². The van der Waals surface area contributed by atoms with Crippen molar-refractivity contribution in [1.29, 1.82) is 0 Å². The minimum absolute atomic E-state index is 0.310. The van der Waals surface area contributed by atoms with Crippen LogP contribution in [0.3, 0.4) is 0 Å². The Kier molecular flexibility index (Phi) is 5.05. The smallest absolute Gasteiger partial charge is 0.109 e. The molecule has 0 bridgehead atoms. The van der Waals surface area contributed by atoms with Crippen LogP contribution in [0.2, 0.25) is 0 Å². The number of hydrogen-bond donors (Lipinski definition) is 1. The average molecular weight is 310 g/mol. The average Bonchev–Trinajstić information content (AvgIpc) is 2.94. The molecule has 2 aromatic carbocycles. The van der Waals surface area contributed by atoms with Gasteiger partial charge in [0.25, 0.3) is 0 Å². The van der Waals surface area contributed by atoms with Crippen LogP contribution in [0, 0.1) is 0 Å². The Morgan fingerprint density at radius 1 is 1.09 bits per heavy atom. The quantitative estimate of drug-likeness (QED) is 0.729. The van der Waals surface area contributed by atoms with Gasteiger partial charge in [-0.3, -0.25) is 0 Å². The Hall–Kier alpha value is -2.17. The van der Waals surface area contributed by atoms with Crippen molar-refractivity contribution in [3.63, 3.8) is 0 Å². The van der Waals surface area contributed by atoms with Gasteiger partial charge >= 0.3 is 0 Å². The van der Waals surface area contributed by atoms with Gasteiger partial charge in [-0.15, -0.1) is 0 Å². The predicted octanol–water partition coefficient (Wildman–Crippen LogP) is 3.18. The number of fused-ring (bicyclic) bond motifs is 1. The van der Waals surface area contributed by atoms with Crippen LogP contribution in [-0.4, -0.2) is 27.4 Å². The summed E-state index contributed by atoms with van der Waals surface area (Å²) in [5.41, 5.74) is 3.15. The molecule has 0 amide bonds. The van der Waals surface area contributed by atoms with Crippen LogP contribution in [0.4, 0.5) is 0 Å². The van der Waals surface area contributed by atoms with E-state index in [0.717, 1.165) is 28.8 Å². The molecule has 0 spiro atoms. The summed E-state index contributed by atoms with van der Waals surface area (Å²) in [6.45, 7) is 3.41. The third kappa shape index (κ3) is 3.78. The number of para-hydroxylation sites is 2. The fraction of sp³-hybridized carbons (Fsp3) is 0.316. The van der Waals surface area contributed by atoms with E-state index >= 15 is 0 Å². The van der Waals surface area contributed by atoms with Gasteiger partial charge in [0.1, 0.15) is 5.82 Å². The third-order valence-corrected chi connectivity index (χ3v) is 3.86. The summed E-state index contributed by atoms with van der Waals surface area (Å²) in [6, 6.07) is 18.0. The van der Waals surface area contributed by atoms with Crippen molar-refractivity contribution in [3.8, 4) is 0 Å². The predicted molar refractivity (Wildman–Crippen MR) is 91.2 cm³/mol. The summed E-state index contributed by atoms with van der Waals surface area (Å²) in [5.74, 6) is 0.994. The first-order valence-electron chi connectivity index (χ1n) is 8.01. The van der Waals surface area contributed by atoms with Crippen molar-refractivity contribution in [2.75, 3.05) is 6.61 Å². The maximum Gasteiger partial charge on any atom is 0.109 e. The van der Waals surface area contributed by atoms with E-state index < -0.39 is 6.10 Å². The molecule has 1 aromatic heterocycles. The van der Waals surface area contributed by atoms with E-state index in [1.807, 2.05) is 54.6 Å². The molecule has 0 aliphatic heterocycles. The van der Waals surface area contributed by atoms with Crippen molar-refractivity contribution in [1.82, 2.24) is 9.55 Å². The van der Waals surface area contributed by atoms with Gasteiger partial charge in [0.2, 0.25) is 0 Å². The number of nitrogens with zero attached hydrogens (tertiary/aromatic N) is 2. The molecule has 23 heavy (non-hydrogen) atoms. The SMILES string of the molecule is CCc1nc2ccccc2n1C[C@H](O)COCc1ccccc1. The van der Waals surface area contributed by atoms with Crippen molar-refractivity contribution >= 4 is 11.0 Å². The number of aromatic nitrogens is 2. The Labute approximate surface area is 136 Å². The molecule has 120 valence electrons.